The molecule has 1 fully saturated rings. The van der Waals surface area contributed by atoms with Gasteiger partial charge in [-0.15, -0.1) is 11.3 Å². The van der Waals surface area contributed by atoms with E-state index >= 15 is 0 Å². The van der Waals surface area contributed by atoms with Crippen molar-refractivity contribution in [2.75, 3.05) is 13.1 Å². The summed E-state index contributed by atoms with van der Waals surface area (Å²) in [5.74, 6) is 0. The van der Waals surface area contributed by atoms with Crippen molar-refractivity contribution in [3.63, 3.8) is 0 Å². The predicted octanol–water partition coefficient (Wildman–Crippen LogP) is 5.03. The zero-order chi connectivity index (χ0) is 17.1. The molecule has 2 heterocycles. The van der Waals surface area contributed by atoms with Gasteiger partial charge in [-0.2, -0.15) is 0 Å². The van der Waals surface area contributed by atoms with E-state index < -0.39 is 0 Å². The fourth-order valence-electron chi connectivity index (χ4n) is 3.89. The molecular weight excluding hydrogens is 324 g/mol. The molecule has 1 aliphatic rings. The number of thiazole rings is 1. The summed E-state index contributed by atoms with van der Waals surface area (Å²) < 4.78 is 0. The summed E-state index contributed by atoms with van der Waals surface area (Å²) >= 11 is 1.83. The monoisotopic (exact) mass is 348 g/mol. The van der Waals surface area contributed by atoms with Crippen LogP contribution in [0.1, 0.15) is 34.7 Å². The average molecular weight is 349 g/mol. The van der Waals surface area contributed by atoms with Crippen LogP contribution >= 0.6 is 11.3 Å². The SMILES string of the molecule is Cc1csc(C2(c3ccccc3)CCN(Cc3ccccc3)CC2)n1. The van der Waals surface area contributed by atoms with Crippen LogP contribution in [-0.2, 0) is 12.0 Å². The molecule has 1 saturated heterocycles. The van der Waals surface area contributed by atoms with Crippen LogP contribution in [0.3, 0.4) is 0 Å². The van der Waals surface area contributed by atoms with Crippen molar-refractivity contribution < 1.29 is 0 Å². The molecule has 1 aromatic heterocycles. The molecule has 0 aliphatic carbocycles. The highest BCUT2D eigenvalue weighted by Gasteiger charge is 2.40. The van der Waals surface area contributed by atoms with Crippen molar-refractivity contribution in [2.45, 2.75) is 31.7 Å². The van der Waals surface area contributed by atoms with Gasteiger partial charge in [-0.25, -0.2) is 4.98 Å². The number of aromatic nitrogens is 1. The Hall–Kier alpha value is -1.97. The first-order chi connectivity index (χ1) is 12.3. The van der Waals surface area contributed by atoms with Gasteiger partial charge in [-0.3, -0.25) is 4.90 Å². The maximum absolute atomic E-state index is 4.89. The third kappa shape index (κ3) is 3.39. The number of piperidine rings is 1. The number of hydrogen-bond donors (Lipinski definition) is 0. The van der Waals surface area contributed by atoms with Crippen molar-refractivity contribution >= 4 is 11.3 Å². The Morgan fingerprint density at radius 3 is 2.20 bits per heavy atom. The molecule has 2 nitrogen and oxygen atoms in total. The lowest BCUT2D eigenvalue weighted by Gasteiger charge is -2.41. The third-order valence-corrected chi connectivity index (χ3v) is 6.48. The predicted molar refractivity (Wildman–Crippen MR) is 105 cm³/mol. The maximum atomic E-state index is 4.89. The van der Waals surface area contributed by atoms with Crippen LogP contribution in [0.15, 0.2) is 66.0 Å². The number of likely N-dealkylation sites (tertiary alicyclic amines) is 1. The molecule has 4 rings (SSSR count). The van der Waals surface area contributed by atoms with E-state index in [0.29, 0.717) is 0 Å². The molecule has 0 bridgehead atoms. The topological polar surface area (TPSA) is 16.1 Å². The molecule has 3 heteroatoms. The quantitative estimate of drug-likeness (QED) is 0.657. The number of benzene rings is 2. The second-order valence-electron chi connectivity index (χ2n) is 7.00. The third-order valence-electron chi connectivity index (χ3n) is 5.31. The Bertz CT molecular complexity index is 802. The number of aryl methyl sites for hydroxylation is 1. The maximum Gasteiger partial charge on any atom is 0.103 e. The van der Waals surface area contributed by atoms with Gasteiger partial charge in [-0.05, 0) is 44.0 Å². The van der Waals surface area contributed by atoms with E-state index in [0.717, 1.165) is 38.2 Å². The Balaban J connectivity index is 1.58. The molecule has 0 unspecified atom stereocenters. The minimum absolute atomic E-state index is 0.0768. The van der Waals surface area contributed by atoms with E-state index in [1.807, 2.05) is 11.3 Å². The molecule has 1 aliphatic heterocycles. The summed E-state index contributed by atoms with van der Waals surface area (Å²) in [6.07, 6.45) is 2.27. The molecular formula is C22H24N2S. The first-order valence-electron chi connectivity index (χ1n) is 9.01. The van der Waals surface area contributed by atoms with Crippen molar-refractivity contribution in [1.29, 1.82) is 0 Å². The van der Waals surface area contributed by atoms with Gasteiger partial charge in [0, 0.05) is 23.0 Å². The highest BCUT2D eigenvalue weighted by Crippen LogP contribution is 2.43. The van der Waals surface area contributed by atoms with Crippen LogP contribution in [-0.4, -0.2) is 23.0 Å². The van der Waals surface area contributed by atoms with Crippen molar-refractivity contribution in [3.8, 4) is 0 Å². The summed E-state index contributed by atoms with van der Waals surface area (Å²) in [5.41, 5.74) is 4.04. The van der Waals surface area contributed by atoms with Crippen LogP contribution in [0.2, 0.25) is 0 Å². The van der Waals surface area contributed by atoms with Crippen LogP contribution in [0.4, 0.5) is 0 Å². The summed E-state index contributed by atoms with van der Waals surface area (Å²) in [6.45, 7) is 5.37. The van der Waals surface area contributed by atoms with Crippen molar-refractivity contribution in [2.24, 2.45) is 0 Å². The fourth-order valence-corrected chi connectivity index (χ4v) is 4.97. The van der Waals surface area contributed by atoms with Gasteiger partial charge >= 0.3 is 0 Å². The van der Waals surface area contributed by atoms with Crippen LogP contribution in [0, 0.1) is 6.92 Å². The largest absolute Gasteiger partial charge is 0.299 e. The minimum Gasteiger partial charge on any atom is -0.299 e. The first kappa shape index (κ1) is 16.5. The zero-order valence-electron chi connectivity index (χ0n) is 14.7. The average Bonchev–Trinajstić information content (AvgIpc) is 3.11. The molecule has 0 N–H and O–H groups in total. The summed E-state index contributed by atoms with van der Waals surface area (Å²) in [4.78, 5) is 7.47. The lowest BCUT2D eigenvalue weighted by molar-refractivity contribution is 0.172. The van der Waals surface area contributed by atoms with E-state index in [9.17, 15) is 0 Å². The second kappa shape index (κ2) is 7.11. The van der Waals surface area contributed by atoms with E-state index in [2.05, 4.69) is 77.9 Å². The molecule has 2 aromatic carbocycles. The Labute approximate surface area is 154 Å². The van der Waals surface area contributed by atoms with Crippen LogP contribution < -0.4 is 0 Å². The number of hydrogen-bond acceptors (Lipinski definition) is 3. The van der Waals surface area contributed by atoms with Gasteiger partial charge in [0.05, 0.1) is 0 Å². The minimum atomic E-state index is 0.0768. The van der Waals surface area contributed by atoms with Gasteiger partial charge in [0.2, 0.25) is 0 Å². The zero-order valence-corrected chi connectivity index (χ0v) is 15.5. The molecule has 128 valence electrons. The van der Waals surface area contributed by atoms with Gasteiger partial charge in [0.15, 0.2) is 0 Å². The van der Waals surface area contributed by atoms with Gasteiger partial charge in [0.25, 0.3) is 0 Å². The van der Waals surface area contributed by atoms with E-state index in [1.54, 1.807) is 0 Å². The van der Waals surface area contributed by atoms with Crippen molar-refractivity contribution in [1.82, 2.24) is 9.88 Å². The molecule has 0 spiro atoms. The number of nitrogens with zero attached hydrogens (tertiary/aromatic N) is 2. The van der Waals surface area contributed by atoms with Crippen molar-refractivity contribution in [3.05, 3.63) is 87.9 Å². The second-order valence-corrected chi connectivity index (χ2v) is 7.86. The van der Waals surface area contributed by atoms with Gasteiger partial charge < -0.3 is 0 Å². The van der Waals surface area contributed by atoms with Gasteiger partial charge in [-0.1, -0.05) is 60.7 Å². The lowest BCUT2D eigenvalue weighted by Crippen LogP contribution is -2.43. The normalized spacial score (nSPS) is 17.5. The smallest absolute Gasteiger partial charge is 0.103 e. The number of rotatable bonds is 4. The molecule has 3 aromatic rings. The van der Waals surface area contributed by atoms with E-state index in [4.69, 9.17) is 4.98 Å². The van der Waals surface area contributed by atoms with E-state index in [1.165, 1.54) is 16.1 Å². The molecule has 0 amide bonds. The Morgan fingerprint density at radius 1 is 0.960 bits per heavy atom. The fraction of sp³-hybridized carbons (Fsp3) is 0.318. The summed E-state index contributed by atoms with van der Waals surface area (Å²) in [6, 6.07) is 21.8. The standard InChI is InChI=1S/C22H24N2S/c1-18-17-25-21(23-18)22(20-10-6-3-7-11-20)12-14-24(15-13-22)16-19-8-4-2-5-9-19/h2-11,17H,12-16H2,1H3. The highest BCUT2D eigenvalue weighted by atomic mass is 32.1. The molecule has 0 atom stereocenters. The van der Waals surface area contributed by atoms with E-state index in [-0.39, 0.29) is 5.41 Å². The van der Waals surface area contributed by atoms with Crippen LogP contribution in [0.5, 0.6) is 0 Å². The summed E-state index contributed by atoms with van der Waals surface area (Å²) in [7, 11) is 0. The highest BCUT2D eigenvalue weighted by molar-refractivity contribution is 7.09. The Morgan fingerprint density at radius 2 is 1.60 bits per heavy atom. The molecule has 0 saturated carbocycles. The van der Waals surface area contributed by atoms with Crippen LogP contribution in [0.25, 0.3) is 0 Å². The Kier molecular flexibility index (Phi) is 4.69. The summed E-state index contributed by atoms with van der Waals surface area (Å²) in [5, 5.41) is 3.48. The first-order valence-corrected chi connectivity index (χ1v) is 9.89. The molecule has 25 heavy (non-hydrogen) atoms. The lowest BCUT2D eigenvalue weighted by atomic mass is 9.73. The van der Waals surface area contributed by atoms with Gasteiger partial charge in [0.1, 0.15) is 5.01 Å². The molecule has 0 radical (unpaired) electrons.